The summed E-state index contributed by atoms with van der Waals surface area (Å²) in [4.78, 5) is 13.0. The van der Waals surface area contributed by atoms with E-state index in [1.807, 2.05) is 24.3 Å². The largest absolute Gasteiger partial charge is 0.496 e. The summed E-state index contributed by atoms with van der Waals surface area (Å²) >= 11 is 0. The Morgan fingerprint density at radius 2 is 1.97 bits per heavy atom. The summed E-state index contributed by atoms with van der Waals surface area (Å²) in [5.74, 6) is -0.778. The summed E-state index contributed by atoms with van der Waals surface area (Å²) in [5.41, 5.74) is 2.73. The van der Waals surface area contributed by atoms with Gasteiger partial charge in [-0.25, -0.2) is 0 Å². The van der Waals surface area contributed by atoms with Crippen LogP contribution >= 0.6 is 0 Å². The molecule has 8 heteroatoms. The molecular weight excluding hydrogens is 404 g/mol. The van der Waals surface area contributed by atoms with Crippen molar-refractivity contribution in [1.82, 2.24) is 0 Å². The third-order valence-electron chi connectivity index (χ3n) is 6.83. The van der Waals surface area contributed by atoms with Crippen LogP contribution in [0.3, 0.4) is 0 Å². The fraction of sp³-hybridized carbons (Fsp3) is 0.435. The number of epoxide rings is 1. The Morgan fingerprint density at radius 1 is 1.10 bits per heavy atom. The van der Waals surface area contributed by atoms with Gasteiger partial charge in [0, 0.05) is 13.5 Å². The number of benzene rings is 2. The van der Waals surface area contributed by atoms with Crippen molar-refractivity contribution in [3.8, 4) is 17.2 Å². The van der Waals surface area contributed by atoms with E-state index in [9.17, 15) is 4.79 Å². The summed E-state index contributed by atoms with van der Waals surface area (Å²) in [6.07, 6.45) is -0.0579. The lowest BCUT2D eigenvalue weighted by molar-refractivity contribution is -0.370. The zero-order valence-electron chi connectivity index (χ0n) is 17.0. The Hall–Kier alpha value is -2.65. The number of ether oxygens (including phenoxy) is 7. The molecule has 5 atom stereocenters. The van der Waals surface area contributed by atoms with Crippen LogP contribution in [0.1, 0.15) is 46.0 Å². The Labute approximate surface area is 177 Å². The van der Waals surface area contributed by atoms with Gasteiger partial charge >= 0.3 is 0 Å². The molecule has 5 aliphatic rings. The van der Waals surface area contributed by atoms with Crippen molar-refractivity contribution in [2.45, 2.75) is 42.7 Å². The normalized spacial score (nSPS) is 35.2. The molecule has 1 saturated heterocycles. The van der Waals surface area contributed by atoms with Crippen LogP contribution in [0.25, 0.3) is 0 Å². The van der Waals surface area contributed by atoms with Crippen LogP contribution in [0.2, 0.25) is 0 Å². The molecule has 7 rings (SSSR count). The Kier molecular flexibility index (Phi) is 3.35. The average Bonchev–Trinajstić information content (AvgIpc) is 3.59. The monoisotopic (exact) mass is 424 g/mol. The first-order valence-electron chi connectivity index (χ1n) is 10.3. The minimum atomic E-state index is -1.26. The molecule has 0 radical (unpaired) electrons. The van der Waals surface area contributed by atoms with Crippen LogP contribution in [0.4, 0.5) is 0 Å². The molecule has 2 aliphatic carbocycles. The highest BCUT2D eigenvalue weighted by Gasteiger charge is 2.74. The van der Waals surface area contributed by atoms with Gasteiger partial charge < -0.3 is 28.4 Å². The first-order chi connectivity index (χ1) is 15.1. The molecule has 8 nitrogen and oxygen atoms in total. The number of hydrogen-bond acceptors (Lipinski definition) is 8. The molecule has 3 aliphatic heterocycles. The number of hydrogen-bond donors (Lipinski definition) is 0. The van der Waals surface area contributed by atoms with E-state index in [0.29, 0.717) is 41.2 Å². The average molecular weight is 424 g/mol. The molecule has 31 heavy (non-hydrogen) atoms. The van der Waals surface area contributed by atoms with Gasteiger partial charge in [-0.3, -0.25) is 9.53 Å². The van der Waals surface area contributed by atoms with E-state index in [4.69, 9.17) is 33.2 Å². The van der Waals surface area contributed by atoms with Gasteiger partial charge in [0.15, 0.2) is 18.0 Å². The Morgan fingerprint density at radius 3 is 2.81 bits per heavy atom. The van der Waals surface area contributed by atoms with Gasteiger partial charge in [0.2, 0.25) is 5.79 Å². The van der Waals surface area contributed by atoms with Crippen LogP contribution < -0.4 is 14.2 Å². The van der Waals surface area contributed by atoms with Crippen molar-refractivity contribution in [3.63, 3.8) is 0 Å². The minimum Gasteiger partial charge on any atom is -0.496 e. The summed E-state index contributed by atoms with van der Waals surface area (Å²) in [6, 6.07) is 9.40. The number of carbonyl (C=O) groups is 1. The van der Waals surface area contributed by atoms with Gasteiger partial charge in [0.25, 0.3) is 5.79 Å². The van der Waals surface area contributed by atoms with Gasteiger partial charge in [-0.05, 0) is 30.2 Å². The maximum atomic E-state index is 13.0. The van der Waals surface area contributed by atoms with Crippen molar-refractivity contribution in [3.05, 3.63) is 52.6 Å². The molecule has 0 N–H and O–H groups in total. The standard InChI is InChI=1S/C23H20O8/c1-25-10-27-12-8-9-22-17-11(12)4-3-5-14(17)30-23(31-22)18-15(29-22)7-6-13(26-2)16(18)19(24)20-21(23)28-20/h3-7,12,20-21H,8-10H2,1-2H3/t12-,20+,21+,22+,23-/m0/s1. The third kappa shape index (κ3) is 2.06. The molecule has 3 heterocycles. The first-order valence-corrected chi connectivity index (χ1v) is 10.3. The molecule has 160 valence electrons. The highest BCUT2D eigenvalue weighted by atomic mass is 16.8. The second-order valence-electron chi connectivity index (χ2n) is 8.40. The van der Waals surface area contributed by atoms with Crippen LogP contribution in [0.15, 0.2) is 30.3 Å². The maximum Gasteiger partial charge on any atom is 0.274 e. The molecule has 0 amide bonds. The van der Waals surface area contributed by atoms with Gasteiger partial charge in [-0.15, -0.1) is 0 Å². The number of fused-ring (bicyclic) bond motifs is 1. The van der Waals surface area contributed by atoms with Gasteiger partial charge in [0.1, 0.15) is 24.0 Å². The highest BCUT2D eigenvalue weighted by Crippen LogP contribution is 2.65. The predicted molar refractivity (Wildman–Crippen MR) is 103 cm³/mol. The number of ketones is 1. The fourth-order valence-electron chi connectivity index (χ4n) is 5.58. The van der Waals surface area contributed by atoms with E-state index in [2.05, 4.69) is 0 Å². The maximum absolute atomic E-state index is 13.0. The molecule has 2 bridgehead atoms. The van der Waals surface area contributed by atoms with Crippen molar-refractivity contribution < 1.29 is 38.0 Å². The zero-order chi connectivity index (χ0) is 21.0. The van der Waals surface area contributed by atoms with E-state index >= 15 is 0 Å². The topological polar surface area (TPSA) is 85.0 Å². The highest BCUT2D eigenvalue weighted by molar-refractivity contribution is 6.07. The summed E-state index contributed by atoms with van der Waals surface area (Å²) in [6.45, 7) is 0.194. The molecule has 2 aromatic carbocycles. The van der Waals surface area contributed by atoms with E-state index < -0.39 is 23.8 Å². The number of carbonyl (C=O) groups excluding carboxylic acids is 1. The predicted octanol–water partition coefficient (Wildman–Crippen LogP) is 2.92. The molecular formula is C23H20O8. The SMILES string of the molecule is COCO[C@H]1CC[C@]23Oc4ccc(OC)c5c4[C@](Oc4cccc1c42)(O3)[C@@H]1O[C@@H]1C5=O. The Bertz CT molecular complexity index is 1140. The van der Waals surface area contributed by atoms with Crippen LogP contribution in [0, 0.1) is 0 Å². The number of rotatable bonds is 4. The van der Waals surface area contributed by atoms with Gasteiger partial charge in [-0.2, -0.15) is 0 Å². The minimum absolute atomic E-state index is 0.132. The van der Waals surface area contributed by atoms with E-state index in [1.54, 1.807) is 13.2 Å². The van der Waals surface area contributed by atoms with Crippen LogP contribution in [-0.4, -0.2) is 39.0 Å². The number of Topliss-reactive ketones (excluding diaryl/α,β-unsaturated/α-hetero) is 1. The molecule has 0 aromatic heterocycles. The second-order valence-corrected chi connectivity index (χ2v) is 8.40. The smallest absolute Gasteiger partial charge is 0.274 e. The lowest BCUT2D eigenvalue weighted by Crippen LogP contribution is -2.61. The number of methoxy groups -OCH3 is 2. The fourth-order valence-corrected chi connectivity index (χ4v) is 5.58. The summed E-state index contributed by atoms with van der Waals surface area (Å²) < 4.78 is 42.2. The lowest BCUT2D eigenvalue weighted by Gasteiger charge is -2.55. The molecule has 2 spiro atoms. The summed E-state index contributed by atoms with van der Waals surface area (Å²) in [7, 11) is 3.14. The summed E-state index contributed by atoms with van der Waals surface area (Å²) in [5, 5.41) is 0. The van der Waals surface area contributed by atoms with E-state index in [0.717, 1.165) is 11.1 Å². The quantitative estimate of drug-likeness (QED) is 0.547. The molecule has 2 aromatic rings. The Balaban J connectivity index is 1.46. The van der Waals surface area contributed by atoms with E-state index in [1.165, 1.54) is 7.11 Å². The third-order valence-corrected chi connectivity index (χ3v) is 6.83. The second kappa shape index (κ2) is 5.77. The van der Waals surface area contributed by atoms with Gasteiger partial charge in [0.05, 0.1) is 29.9 Å². The van der Waals surface area contributed by atoms with Crippen molar-refractivity contribution in [1.29, 1.82) is 0 Å². The van der Waals surface area contributed by atoms with E-state index in [-0.39, 0.29) is 18.7 Å². The molecule has 1 fully saturated rings. The first kappa shape index (κ1) is 18.0. The van der Waals surface area contributed by atoms with Crippen molar-refractivity contribution in [2.24, 2.45) is 0 Å². The van der Waals surface area contributed by atoms with Crippen LogP contribution in [0.5, 0.6) is 17.2 Å². The van der Waals surface area contributed by atoms with Crippen molar-refractivity contribution in [2.75, 3.05) is 21.0 Å². The van der Waals surface area contributed by atoms with Crippen LogP contribution in [-0.2, 0) is 30.5 Å². The van der Waals surface area contributed by atoms with Gasteiger partial charge in [-0.1, -0.05) is 12.1 Å². The lowest BCUT2D eigenvalue weighted by atomic mass is 9.77. The molecule has 0 unspecified atom stereocenters. The van der Waals surface area contributed by atoms with Crippen molar-refractivity contribution >= 4 is 5.78 Å². The zero-order valence-corrected chi connectivity index (χ0v) is 17.0. The molecule has 0 saturated carbocycles.